The molecule has 0 spiro atoms. The molecule has 7 nitrogen and oxygen atoms in total. The van der Waals surface area contributed by atoms with E-state index in [2.05, 4.69) is 11.4 Å². The van der Waals surface area contributed by atoms with E-state index in [9.17, 15) is 14.5 Å². The Bertz CT molecular complexity index is 453. The average molecular weight is 467 g/mol. The second kappa shape index (κ2) is 21.4. The van der Waals surface area contributed by atoms with Gasteiger partial charge in [-0.05, 0) is 6.42 Å². The molecule has 0 aliphatic rings. The molecule has 0 saturated heterocycles. The highest BCUT2D eigenvalue weighted by Crippen LogP contribution is 2.35. The van der Waals surface area contributed by atoms with Crippen molar-refractivity contribution < 1.29 is 33.5 Å². The molecule has 186 valence electrons. The van der Waals surface area contributed by atoms with Crippen molar-refractivity contribution in [3.63, 3.8) is 0 Å². The van der Waals surface area contributed by atoms with E-state index in [0.29, 0.717) is 6.42 Å². The summed E-state index contributed by atoms with van der Waals surface area (Å²) in [6, 6.07) is 0. The Morgan fingerprint density at radius 2 is 1.10 bits per heavy atom. The number of phosphoric ester groups is 1. The lowest BCUT2D eigenvalue weighted by Gasteiger charge is -2.12. The van der Waals surface area contributed by atoms with Gasteiger partial charge < -0.3 is 19.6 Å². The van der Waals surface area contributed by atoms with Gasteiger partial charge in [0.05, 0.1) is 6.61 Å². The summed E-state index contributed by atoms with van der Waals surface area (Å²) in [5.74, 6) is -0.406. The smallest absolute Gasteiger partial charge is 0.463 e. The maximum atomic E-state index is 11.6. The zero-order valence-electron chi connectivity index (χ0n) is 19.6. The van der Waals surface area contributed by atoms with Crippen LogP contribution in [0.1, 0.15) is 122 Å². The number of phosphoric acid groups is 1. The second-order valence-electron chi connectivity index (χ2n) is 8.53. The van der Waals surface area contributed by atoms with Crippen molar-refractivity contribution in [2.45, 2.75) is 129 Å². The minimum atomic E-state index is -4.62. The van der Waals surface area contributed by atoms with E-state index in [1.54, 1.807) is 0 Å². The van der Waals surface area contributed by atoms with Gasteiger partial charge in [-0.3, -0.25) is 9.32 Å². The summed E-state index contributed by atoms with van der Waals surface area (Å²) >= 11 is 0. The van der Waals surface area contributed by atoms with Gasteiger partial charge in [-0.15, -0.1) is 0 Å². The molecule has 0 bridgehead atoms. The SMILES string of the molecule is CCCCCCCCCCCCCCCCCCCC(=O)OC[C@@H](O)COP(=O)(O)O. The molecular weight excluding hydrogens is 419 g/mol. The fourth-order valence-corrected chi connectivity index (χ4v) is 3.85. The number of esters is 1. The third kappa shape index (κ3) is 25.7. The number of aliphatic hydroxyl groups excluding tert-OH is 1. The predicted octanol–water partition coefficient (Wildman–Crippen LogP) is 6.04. The summed E-state index contributed by atoms with van der Waals surface area (Å²) in [6.07, 6.45) is 20.9. The maximum Gasteiger partial charge on any atom is 0.469 e. The van der Waals surface area contributed by atoms with Crippen molar-refractivity contribution in [2.24, 2.45) is 0 Å². The molecule has 0 rings (SSSR count). The van der Waals surface area contributed by atoms with E-state index in [-0.39, 0.29) is 6.61 Å². The Hall–Kier alpha value is -0.460. The minimum absolute atomic E-state index is 0.296. The van der Waals surface area contributed by atoms with Crippen LogP contribution in [0.2, 0.25) is 0 Å². The van der Waals surface area contributed by atoms with Crippen molar-refractivity contribution >= 4 is 13.8 Å². The highest BCUT2D eigenvalue weighted by Gasteiger charge is 2.17. The Labute approximate surface area is 189 Å². The average Bonchev–Trinajstić information content (AvgIpc) is 2.72. The van der Waals surface area contributed by atoms with Crippen molar-refractivity contribution in [3.05, 3.63) is 0 Å². The molecule has 0 aliphatic heterocycles. The van der Waals surface area contributed by atoms with Crippen LogP contribution in [0.4, 0.5) is 0 Å². The molecule has 0 aromatic carbocycles. The normalized spacial score (nSPS) is 12.8. The third-order valence-corrected chi connectivity index (χ3v) is 5.84. The van der Waals surface area contributed by atoms with E-state index in [0.717, 1.165) is 19.3 Å². The van der Waals surface area contributed by atoms with Gasteiger partial charge in [-0.1, -0.05) is 110 Å². The lowest BCUT2D eigenvalue weighted by atomic mass is 10.0. The molecule has 0 aliphatic carbocycles. The van der Waals surface area contributed by atoms with E-state index in [1.807, 2.05) is 0 Å². The monoisotopic (exact) mass is 466 g/mol. The molecule has 0 aromatic heterocycles. The molecule has 0 aromatic rings. The first kappa shape index (κ1) is 30.5. The largest absolute Gasteiger partial charge is 0.469 e. The van der Waals surface area contributed by atoms with Gasteiger partial charge in [0.1, 0.15) is 12.7 Å². The van der Waals surface area contributed by atoms with Crippen molar-refractivity contribution in [1.29, 1.82) is 0 Å². The molecule has 31 heavy (non-hydrogen) atoms. The third-order valence-electron chi connectivity index (χ3n) is 5.36. The van der Waals surface area contributed by atoms with Gasteiger partial charge in [0, 0.05) is 6.42 Å². The van der Waals surface area contributed by atoms with Crippen LogP contribution in [0, 0.1) is 0 Å². The lowest BCUT2D eigenvalue weighted by Crippen LogP contribution is -2.23. The summed E-state index contributed by atoms with van der Waals surface area (Å²) in [7, 11) is -4.62. The van der Waals surface area contributed by atoms with Crippen LogP contribution in [0.5, 0.6) is 0 Å². The van der Waals surface area contributed by atoms with Gasteiger partial charge in [0.25, 0.3) is 0 Å². The minimum Gasteiger partial charge on any atom is -0.463 e. The summed E-state index contributed by atoms with van der Waals surface area (Å²) in [6.45, 7) is 1.37. The van der Waals surface area contributed by atoms with Crippen molar-refractivity contribution in [3.8, 4) is 0 Å². The molecule has 8 heteroatoms. The molecule has 0 radical (unpaired) electrons. The van der Waals surface area contributed by atoms with Gasteiger partial charge in [0.15, 0.2) is 0 Å². The summed E-state index contributed by atoms with van der Waals surface area (Å²) in [5.41, 5.74) is 0. The Kier molecular flexibility index (Phi) is 21.1. The van der Waals surface area contributed by atoms with Crippen LogP contribution < -0.4 is 0 Å². The number of carbonyl (C=O) groups is 1. The quantitative estimate of drug-likeness (QED) is 0.0955. The van der Waals surface area contributed by atoms with Gasteiger partial charge in [0.2, 0.25) is 0 Å². The zero-order chi connectivity index (χ0) is 23.2. The molecule has 0 saturated carbocycles. The summed E-state index contributed by atoms with van der Waals surface area (Å²) in [4.78, 5) is 28.6. The van der Waals surface area contributed by atoms with Gasteiger partial charge >= 0.3 is 13.8 Å². The predicted molar refractivity (Wildman–Crippen MR) is 124 cm³/mol. The van der Waals surface area contributed by atoms with E-state index >= 15 is 0 Å². The van der Waals surface area contributed by atoms with Gasteiger partial charge in [-0.2, -0.15) is 0 Å². The van der Waals surface area contributed by atoms with Crippen LogP contribution in [-0.4, -0.2) is 40.2 Å². The molecule has 0 unspecified atom stereocenters. The highest BCUT2D eigenvalue weighted by molar-refractivity contribution is 7.46. The van der Waals surface area contributed by atoms with Crippen LogP contribution >= 0.6 is 7.82 Å². The number of ether oxygens (including phenoxy) is 1. The van der Waals surface area contributed by atoms with E-state index < -0.39 is 26.5 Å². The second-order valence-corrected chi connectivity index (χ2v) is 9.77. The van der Waals surface area contributed by atoms with Gasteiger partial charge in [-0.25, -0.2) is 4.57 Å². The molecule has 0 heterocycles. The first-order chi connectivity index (χ1) is 14.8. The first-order valence-electron chi connectivity index (χ1n) is 12.4. The number of rotatable bonds is 23. The summed E-state index contributed by atoms with van der Waals surface area (Å²) in [5, 5.41) is 9.44. The van der Waals surface area contributed by atoms with Crippen molar-refractivity contribution in [1.82, 2.24) is 0 Å². The van der Waals surface area contributed by atoms with Crippen LogP contribution in [-0.2, 0) is 18.6 Å². The maximum absolute atomic E-state index is 11.6. The Morgan fingerprint density at radius 3 is 1.48 bits per heavy atom. The topological polar surface area (TPSA) is 113 Å². The standard InChI is InChI=1S/C23H47O7P/c1-2-3-4-5-6-7-8-9-10-11-12-13-14-15-16-17-18-19-23(25)29-20-22(24)21-30-31(26,27)28/h22,24H,2-21H2,1H3,(H2,26,27,28)/t22-/m1/s1. The number of carbonyl (C=O) groups excluding carboxylic acids is 1. The lowest BCUT2D eigenvalue weighted by molar-refractivity contribution is -0.147. The first-order valence-corrected chi connectivity index (χ1v) is 13.9. The summed E-state index contributed by atoms with van der Waals surface area (Å²) < 4.78 is 19.5. The molecule has 0 fully saturated rings. The molecule has 0 amide bonds. The van der Waals surface area contributed by atoms with E-state index in [1.165, 1.54) is 89.9 Å². The number of unbranched alkanes of at least 4 members (excludes halogenated alkanes) is 16. The fourth-order valence-electron chi connectivity index (χ4n) is 3.49. The van der Waals surface area contributed by atoms with Crippen LogP contribution in [0.25, 0.3) is 0 Å². The number of aliphatic hydroxyl groups is 1. The fraction of sp³-hybridized carbons (Fsp3) is 0.957. The van der Waals surface area contributed by atoms with Crippen LogP contribution in [0.15, 0.2) is 0 Å². The highest BCUT2D eigenvalue weighted by atomic mass is 31.2. The Morgan fingerprint density at radius 1 is 0.710 bits per heavy atom. The zero-order valence-corrected chi connectivity index (χ0v) is 20.5. The van der Waals surface area contributed by atoms with Crippen molar-refractivity contribution in [2.75, 3.05) is 13.2 Å². The number of hydrogen-bond acceptors (Lipinski definition) is 5. The van der Waals surface area contributed by atoms with Crippen LogP contribution in [0.3, 0.4) is 0 Å². The molecule has 1 atom stereocenters. The van der Waals surface area contributed by atoms with E-state index in [4.69, 9.17) is 14.5 Å². The Balaban J connectivity index is 3.27. The number of hydrogen-bond donors (Lipinski definition) is 3. The molecular formula is C23H47O7P. The molecule has 3 N–H and O–H groups in total.